The Labute approximate surface area is 166 Å². The molecule has 0 radical (unpaired) electrons. The zero-order chi connectivity index (χ0) is 19.6. The molecule has 1 aliphatic carbocycles. The Morgan fingerprint density at radius 3 is 2.36 bits per heavy atom. The normalized spacial score (nSPS) is 18.9. The van der Waals surface area contributed by atoms with E-state index in [0.29, 0.717) is 12.1 Å². The summed E-state index contributed by atoms with van der Waals surface area (Å²) < 4.78 is 0. The van der Waals surface area contributed by atoms with Crippen LogP contribution in [-0.4, -0.2) is 36.3 Å². The van der Waals surface area contributed by atoms with Crippen LogP contribution in [0.2, 0.25) is 0 Å². The summed E-state index contributed by atoms with van der Waals surface area (Å²) in [6.07, 6.45) is 5.93. The van der Waals surface area contributed by atoms with Gasteiger partial charge < -0.3 is 15.5 Å². The van der Waals surface area contributed by atoms with Gasteiger partial charge in [-0.2, -0.15) is 0 Å². The number of fused-ring (bicyclic) bond motifs is 1. The number of aliphatic imine (C=N–C) groups is 1. The summed E-state index contributed by atoms with van der Waals surface area (Å²) in [6.45, 7) is 0.602. The third-order valence-corrected chi connectivity index (χ3v) is 5.74. The van der Waals surface area contributed by atoms with E-state index in [1.807, 2.05) is 30.3 Å². The highest BCUT2D eigenvalue weighted by atomic mass is 16.2. The summed E-state index contributed by atoms with van der Waals surface area (Å²) in [5.74, 6) is 1.06. The van der Waals surface area contributed by atoms with Crippen molar-refractivity contribution in [2.45, 2.75) is 44.2 Å². The molecule has 146 valence electrons. The van der Waals surface area contributed by atoms with Gasteiger partial charge in [0.15, 0.2) is 0 Å². The van der Waals surface area contributed by atoms with Crippen molar-refractivity contribution in [2.75, 3.05) is 24.7 Å². The lowest BCUT2D eigenvalue weighted by atomic mass is 9.79. The third kappa shape index (κ3) is 3.61. The lowest BCUT2D eigenvalue weighted by Gasteiger charge is -2.44. The van der Waals surface area contributed by atoms with Crippen molar-refractivity contribution in [3.05, 3.63) is 59.7 Å². The number of para-hydroxylation sites is 2. The maximum absolute atomic E-state index is 12.1. The zero-order valence-electron chi connectivity index (χ0n) is 16.7. The third-order valence-electron chi connectivity index (χ3n) is 5.74. The van der Waals surface area contributed by atoms with Crippen LogP contribution >= 0.6 is 0 Å². The average molecular weight is 377 g/mol. The van der Waals surface area contributed by atoms with Crippen LogP contribution in [-0.2, 0) is 6.54 Å². The molecule has 1 aliphatic heterocycles. The Balaban J connectivity index is 1.57. The molecule has 5 nitrogen and oxygen atoms in total. The van der Waals surface area contributed by atoms with Crippen molar-refractivity contribution >= 4 is 23.1 Å². The van der Waals surface area contributed by atoms with E-state index in [9.17, 15) is 4.79 Å². The number of nitrogens with one attached hydrogen (secondary N) is 2. The molecule has 4 rings (SSSR count). The topological polar surface area (TPSA) is 56.7 Å². The smallest absolute Gasteiger partial charge is 0.253 e. The van der Waals surface area contributed by atoms with E-state index in [1.54, 1.807) is 19.0 Å². The quantitative estimate of drug-likeness (QED) is 0.828. The number of amides is 1. The molecule has 0 bridgehead atoms. The lowest BCUT2D eigenvalue weighted by molar-refractivity contribution is 0.0827. The van der Waals surface area contributed by atoms with Crippen LogP contribution in [0.4, 0.5) is 11.4 Å². The van der Waals surface area contributed by atoms with Gasteiger partial charge in [0.25, 0.3) is 5.91 Å². The van der Waals surface area contributed by atoms with Gasteiger partial charge in [-0.15, -0.1) is 0 Å². The van der Waals surface area contributed by atoms with E-state index in [0.717, 1.165) is 35.6 Å². The molecule has 1 amide bonds. The number of carbonyl (C=O) groups is 1. The molecule has 1 heterocycles. The van der Waals surface area contributed by atoms with Crippen LogP contribution in [0.3, 0.4) is 0 Å². The standard InChI is InChI=1S/C23H28N4O/c1-27(2)21(28)18-12-10-17(11-13-18)16-24-22-23(14-6-3-7-15-23)26-20-9-5-4-8-19(20)25-22/h4-5,8-13,26H,3,6-7,14-16H2,1-2H3,(H,24,25). The molecule has 2 aromatic carbocycles. The number of amidine groups is 1. The molecule has 0 saturated heterocycles. The van der Waals surface area contributed by atoms with Gasteiger partial charge >= 0.3 is 0 Å². The number of carbonyl (C=O) groups excluding carboxylic acids is 1. The highest BCUT2D eigenvalue weighted by Crippen LogP contribution is 2.39. The van der Waals surface area contributed by atoms with Gasteiger partial charge in [0.2, 0.25) is 0 Å². The number of benzene rings is 2. The molecule has 1 spiro atoms. The van der Waals surface area contributed by atoms with Gasteiger partial charge in [0.05, 0.1) is 23.5 Å². The first kappa shape index (κ1) is 18.5. The minimum absolute atomic E-state index is 0.0220. The van der Waals surface area contributed by atoms with Crippen LogP contribution in [0.5, 0.6) is 0 Å². The Morgan fingerprint density at radius 1 is 1.00 bits per heavy atom. The Hall–Kier alpha value is -2.82. The van der Waals surface area contributed by atoms with Gasteiger partial charge in [-0.3, -0.25) is 9.79 Å². The number of anilines is 2. The van der Waals surface area contributed by atoms with E-state index in [2.05, 4.69) is 28.8 Å². The van der Waals surface area contributed by atoms with Crippen molar-refractivity contribution in [2.24, 2.45) is 4.99 Å². The van der Waals surface area contributed by atoms with Crippen molar-refractivity contribution in [3.63, 3.8) is 0 Å². The Bertz CT molecular complexity index is 880. The molecule has 28 heavy (non-hydrogen) atoms. The zero-order valence-corrected chi connectivity index (χ0v) is 16.7. The first-order valence-electron chi connectivity index (χ1n) is 10.1. The highest BCUT2D eigenvalue weighted by molar-refractivity contribution is 6.09. The largest absolute Gasteiger partial charge is 0.371 e. The van der Waals surface area contributed by atoms with Gasteiger partial charge in [-0.1, -0.05) is 43.5 Å². The molecule has 0 unspecified atom stereocenters. The van der Waals surface area contributed by atoms with E-state index >= 15 is 0 Å². The van der Waals surface area contributed by atoms with Crippen molar-refractivity contribution in [3.8, 4) is 0 Å². The van der Waals surface area contributed by atoms with Gasteiger partial charge in [0.1, 0.15) is 5.84 Å². The fourth-order valence-electron chi connectivity index (χ4n) is 4.15. The maximum Gasteiger partial charge on any atom is 0.253 e. The molecular formula is C23H28N4O. The van der Waals surface area contributed by atoms with Crippen LogP contribution in [0.25, 0.3) is 0 Å². The number of hydrogen-bond donors (Lipinski definition) is 2. The van der Waals surface area contributed by atoms with Crippen LogP contribution < -0.4 is 10.6 Å². The molecule has 2 aliphatic rings. The second-order valence-electron chi connectivity index (χ2n) is 8.00. The van der Waals surface area contributed by atoms with Crippen molar-refractivity contribution < 1.29 is 4.79 Å². The molecule has 5 heteroatoms. The van der Waals surface area contributed by atoms with E-state index in [4.69, 9.17) is 4.99 Å². The molecule has 2 aromatic rings. The molecular weight excluding hydrogens is 348 g/mol. The lowest BCUT2D eigenvalue weighted by Crippen LogP contribution is -2.53. The fraction of sp³-hybridized carbons (Fsp3) is 0.391. The second kappa shape index (κ2) is 7.66. The summed E-state index contributed by atoms with van der Waals surface area (Å²) >= 11 is 0. The summed E-state index contributed by atoms with van der Waals surface area (Å²) in [5, 5.41) is 7.39. The minimum atomic E-state index is -0.0898. The van der Waals surface area contributed by atoms with Crippen LogP contribution in [0.15, 0.2) is 53.5 Å². The van der Waals surface area contributed by atoms with E-state index in [-0.39, 0.29) is 11.4 Å². The van der Waals surface area contributed by atoms with Crippen LogP contribution in [0.1, 0.15) is 48.0 Å². The molecule has 1 saturated carbocycles. The van der Waals surface area contributed by atoms with Gasteiger partial charge in [-0.25, -0.2) is 0 Å². The molecule has 2 N–H and O–H groups in total. The van der Waals surface area contributed by atoms with Gasteiger partial charge in [-0.05, 0) is 42.7 Å². The van der Waals surface area contributed by atoms with Gasteiger partial charge in [0, 0.05) is 19.7 Å². The molecule has 0 atom stereocenters. The molecule has 1 fully saturated rings. The van der Waals surface area contributed by atoms with E-state index < -0.39 is 0 Å². The first-order chi connectivity index (χ1) is 13.6. The fourth-order valence-corrected chi connectivity index (χ4v) is 4.15. The number of nitrogens with zero attached hydrogens (tertiary/aromatic N) is 2. The summed E-state index contributed by atoms with van der Waals surface area (Å²) in [5.41, 5.74) is 3.97. The predicted molar refractivity (Wildman–Crippen MR) is 115 cm³/mol. The Morgan fingerprint density at radius 2 is 1.68 bits per heavy atom. The SMILES string of the molecule is CN(C)C(=O)c1ccc(CN=C2Nc3ccccc3NC23CCCCC3)cc1. The average Bonchev–Trinajstić information content (AvgIpc) is 2.72. The van der Waals surface area contributed by atoms with E-state index in [1.165, 1.54) is 19.3 Å². The second-order valence-corrected chi connectivity index (χ2v) is 8.00. The highest BCUT2D eigenvalue weighted by Gasteiger charge is 2.40. The summed E-state index contributed by atoms with van der Waals surface area (Å²) in [4.78, 5) is 18.6. The summed E-state index contributed by atoms with van der Waals surface area (Å²) in [6, 6.07) is 16.1. The minimum Gasteiger partial charge on any atom is -0.371 e. The van der Waals surface area contributed by atoms with Crippen molar-refractivity contribution in [1.29, 1.82) is 0 Å². The monoisotopic (exact) mass is 376 g/mol. The summed E-state index contributed by atoms with van der Waals surface area (Å²) in [7, 11) is 3.54. The predicted octanol–water partition coefficient (Wildman–Crippen LogP) is 4.53. The molecule has 0 aromatic heterocycles. The van der Waals surface area contributed by atoms with Crippen molar-refractivity contribution in [1.82, 2.24) is 4.90 Å². The number of rotatable bonds is 3. The number of hydrogen-bond acceptors (Lipinski definition) is 3. The Kier molecular flexibility index (Phi) is 5.07. The van der Waals surface area contributed by atoms with Crippen LogP contribution in [0, 0.1) is 0 Å². The maximum atomic E-state index is 12.1. The first-order valence-corrected chi connectivity index (χ1v) is 10.1.